The predicted octanol–water partition coefficient (Wildman–Crippen LogP) is 6.55. The van der Waals surface area contributed by atoms with Gasteiger partial charge in [0.1, 0.15) is 5.75 Å². The molecule has 0 fully saturated rings. The molecule has 21 heavy (non-hydrogen) atoms. The number of phenols is 1. The summed E-state index contributed by atoms with van der Waals surface area (Å²) in [5.41, 5.74) is 2.36. The van der Waals surface area contributed by atoms with Gasteiger partial charge in [-0.1, -0.05) is 83.3 Å². The van der Waals surface area contributed by atoms with Gasteiger partial charge in [-0.15, -0.1) is 0 Å². The SMILES string of the molecule is CCCCCCCCCCCCCc1ccc(O)c(C)c1. The second-order valence-corrected chi connectivity index (χ2v) is 6.41. The number of aryl methyl sites for hydroxylation is 2. The quantitative estimate of drug-likeness (QED) is 0.432. The maximum absolute atomic E-state index is 9.50. The van der Waals surface area contributed by atoms with Crippen molar-refractivity contribution >= 4 is 0 Å². The summed E-state index contributed by atoms with van der Waals surface area (Å²) in [6, 6.07) is 5.99. The Balaban J connectivity index is 1.91. The first-order valence-corrected chi connectivity index (χ1v) is 9.02. The monoisotopic (exact) mass is 290 g/mol. The highest BCUT2D eigenvalue weighted by molar-refractivity contribution is 5.34. The van der Waals surface area contributed by atoms with Crippen molar-refractivity contribution in [3.8, 4) is 5.75 Å². The highest BCUT2D eigenvalue weighted by atomic mass is 16.3. The molecule has 0 unspecified atom stereocenters. The molecule has 1 rings (SSSR count). The van der Waals surface area contributed by atoms with Crippen LogP contribution in [0.2, 0.25) is 0 Å². The zero-order chi connectivity index (χ0) is 15.3. The van der Waals surface area contributed by atoms with Crippen LogP contribution in [0.1, 0.15) is 88.7 Å². The number of unbranched alkanes of at least 4 members (excludes halogenated alkanes) is 10. The maximum atomic E-state index is 9.50. The van der Waals surface area contributed by atoms with E-state index in [1.807, 2.05) is 13.0 Å². The van der Waals surface area contributed by atoms with E-state index in [-0.39, 0.29) is 0 Å². The van der Waals surface area contributed by atoms with Crippen LogP contribution in [-0.4, -0.2) is 5.11 Å². The third-order valence-corrected chi connectivity index (χ3v) is 4.33. The highest BCUT2D eigenvalue weighted by Gasteiger charge is 1.98. The molecule has 0 atom stereocenters. The van der Waals surface area contributed by atoms with Crippen LogP contribution in [0.4, 0.5) is 0 Å². The average Bonchev–Trinajstić information content (AvgIpc) is 2.48. The molecule has 0 spiro atoms. The van der Waals surface area contributed by atoms with Crippen molar-refractivity contribution in [2.24, 2.45) is 0 Å². The first kappa shape index (κ1) is 18.1. The van der Waals surface area contributed by atoms with Crippen LogP contribution in [-0.2, 0) is 6.42 Å². The van der Waals surface area contributed by atoms with E-state index < -0.39 is 0 Å². The molecular formula is C20H34O. The molecule has 0 saturated carbocycles. The number of benzene rings is 1. The Kier molecular flexibility index (Phi) is 10.0. The van der Waals surface area contributed by atoms with Gasteiger partial charge < -0.3 is 5.11 Å². The van der Waals surface area contributed by atoms with Crippen LogP contribution in [0.15, 0.2) is 18.2 Å². The van der Waals surface area contributed by atoms with E-state index in [0.29, 0.717) is 5.75 Å². The molecule has 1 aromatic rings. The Morgan fingerprint density at radius 2 is 1.29 bits per heavy atom. The molecule has 0 aliphatic heterocycles. The molecule has 1 nitrogen and oxygen atoms in total. The highest BCUT2D eigenvalue weighted by Crippen LogP contribution is 2.19. The molecule has 0 radical (unpaired) electrons. The zero-order valence-corrected chi connectivity index (χ0v) is 14.2. The maximum Gasteiger partial charge on any atom is 0.118 e. The third-order valence-electron chi connectivity index (χ3n) is 4.33. The van der Waals surface area contributed by atoms with Crippen molar-refractivity contribution in [3.05, 3.63) is 29.3 Å². The Morgan fingerprint density at radius 1 is 0.762 bits per heavy atom. The van der Waals surface area contributed by atoms with Crippen LogP contribution in [0.3, 0.4) is 0 Å². The fraction of sp³-hybridized carbons (Fsp3) is 0.700. The summed E-state index contributed by atoms with van der Waals surface area (Å²) < 4.78 is 0. The van der Waals surface area contributed by atoms with E-state index >= 15 is 0 Å². The number of phenolic OH excluding ortho intramolecular Hbond substituents is 1. The van der Waals surface area contributed by atoms with E-state index in [2.05, 4.69) is 19.1 Å². The van der Waals surface area contributed by atoms with Crippen molar-refractivity contribution in [1.29, 1.82) is 0 Å². The lowest BCUT2D eigenvalue weighted by Gasteiger charge is -2.05. The Morgan fingerprint density at radius 3 is 1.81 bits per heavy atom. The fourth-order valence-corrected chi connectivity index (χ4v) is 2.87. The smallest absolute Gasteiger partial charge is 0.118 e. The lowest BCUT2D eigenvalue weighted by atomic mass is 10.0. The van der Waals surface area contributed by atoms with E-state index in [0.717, 1.165) is 12.0 Å². The van der Waals surface area contributed by atoms with Gasteiger partial charge in [-0.25, -0.2) is 0 Å². The summed E-state index contributed by atoms with van der Waals surface area (Å²) in [7, 11) is 0. The van der Waals surface area contributed by atoms with Crippen LogP contribution in [0.25, 0.3) is 0 Å². The summed E-state index contributed by atoms with van der Waals surface area (Å²) in [6.45, 7) is 4.25. The van der Waals surface area contributed by atoms with Crippen LogP contribution in [0, 0.1) is 6.92 Å². The number of rotatable bonds is 12. The largest absolute Gasteiger partial charge is 0.508 e. The molecule has 0 aromatic heterocycles. The first-order chi connectivity index (χ1) is 10.2. The molecule has 1 N–H and O–H groups in total. The van der Waals surface area contributed by atoms with Gasteiger partial charge >= 0.3 is 0 Å². The topological polar surface area (TPSA) is 20.2 Å². The minimum Gasteiger partial charge on any atom is -0.508 e. The standard InChI is InChI=1S/C20H34O/c1-3-4-5-6-7-8-9-10-11-12-13-14-19-15-16-20(21)18(2)17-19/h15-17,21H,3-14H2,1-2H3. The van der Waals surface area contributed by atoms with E-state index in [9.17, 15) is 5.11 Å². The minimum absolute atomic E-state index is 0.415. The van der Waals surface area contributed by atoms with Crippen molar-refractivity contribution in [1.82, 2.24) is 0 Å². The lowest BCUT2D eigenvalue weighted by Crippen LogP contribution is -1.88. The van der Waals surface area contributed by atoms with E-state index in [1.165, 1.54) is 76.2 Å². The predicted molar refractivity (Wildman–Crippen MR) is 93.0 cm³/mol. The second kappa shape index (κ2) is 11.7. The molecule has 1 heteroatoms. The van der Waals surface area contributed by atoms with Crippen LogP contribution >= 0.6 is 0 Å². The minimum atomic E-state index is 0.415. The summed E-state index contributed by atoms with van der Waals surface area (Å²) in [6.07, 6.45) is 16.5. The Hall–Kier alpha value is -0.980. The molecule has 0 amide bonds. The van der Waals surface area contributed by atoms with Gasteiger partial charge in [0.15, 0.2) is 0 Å². The van der Waals surface area contributed by atoms with Gasteiger partial charge in [-0.05, 0) is 37.0 Å². The van der Waals surface area contributed by atoms with E-state index in [4.69, 9.17) is 0 Å². The van der Waals surface area contributed by atoms with Gasteiger partial charge in [0, 0.05) is 0 Å². The average molecular weight is 290 g/mol. The van der Waals surface area contributed by atoms with Gasteiger partial charge in [-0.2, -0.15) is 0 Å². The van der Waals surface area contributed by atoms with Crippen molar-refractivity contribution in [2.75, 3.05) is 0 Å². The Labute approximate surface area is 131 Å². The molecular weight excluding hydrogens is 256 g/mol. The molecule has 0 aliphatic carbocycles. The molecule has 1 aromatic carbocycles. The molecule has 0 heterocycles. The number of hydrogen-bond acceptors (Lipinski definition) is 1. The van der Waals surface area contributed by atoms with Gasteiger partial charge in [-0.3, -0.25) is 0 Å². The number of aromatic hydroxyl groups is 1. The van der Waals surface area contributed by atoms with Crippen LogP contribution < -0.4 is 0 Å². The van der Waals surface area contributed by atoms with Crippen molar-refractivity contribution < 1.29 is 5.11 Å². The molecule has 0 saturated heterocycles. The number of hydrogen-bond donors (Lipinski definition) is 1. The summed E-state index contributed by atoms with van der Waals surface area (Å²) in [5.74, 6) is 0.415. The second-order valence-electron chi connectivity index (χ2n) is 6.41. The Bertz CT molecular complexity index is 370. The van der Waals surface area contributed by atoms with Gasteiger partial charge in [0.25, 0.3) is 0 Å². The normalized spacial score (nSPS) is 11.0. The van der Waals surface area contributed by atoms with E-state index in [1.54, 1.807) is 0 Å². The summed E-state index contributed by atoms with van der Waals surface area (Å²) in [4.78, 5) is 0. The first-order valence-electron chi connectivity index (χ1n) is 9.02. The van der Waals surface area contributed by atoms with Crippen molar-refractivity contribution in [3.63, 3.8) is 0 Å². The molecule has 0 bridgehead atoms. The zero-order valence-electron chi connectivity index (χ0n) is 14.2. The fourth-order valence-electron chi connectivity index (χ4n) is 2.87. The lowest BCUT2D eigenvalue weighted by molar-refractivity contribution is 0.470. The van der Waals surface area contributed by atoms with Crippen LogP contribution in [0.5, 0.6) is 5.75 Å². The molecule has 120 valence electrons. The third kappa shape index (κ3) is 8.80. The van der Waals surface area contributed by atoms with Gasteiger partial charge in [0.05, 0.1) is 0 Å². The van der Waals surface area contributed by atoms with Gasteiger partial charge in [0.2, 0.25) is 0 Å². The molecule has 0 aliphatic rings. The van der Waals surface area contributed by atoms with Crippen molar-refractivity contribution in [2.45, 2.75) is 90.9 Å². The summed E-state index contributed by atoms with van der Waals surface area (Å²) in [5, 5.41) is 9.50. The summed E-state index contributed by atoms with van der Waals surface area (Å²) >= 11 is 0.